The molecule has 0 aliphatic heterocycles. The highest BCUT2D eigenvalue weighted by Crippen LogP contribution is 2.26. The monoisotopic (exact) mass is 241 g/mol. The number of pyridine rings is 1. The van der Waals surface area contributed by atoms with Gasteiger partial charge in [0.05, 0.1) is 12.4 Å². The number of rotatable bonds is 2. The van der Waals surface area contributed by atoms with E-state index in [1.165, 1.54) is 6.20 Å². The van der Waals surface area contributed by atoms with E-state index in [4.69, 9.17) is 27.9 Å². The molecule has 0 aliphatic carbocycles. The molecule has 0 spiro atoms. The van der Waals surface area contributed by atoms with Crippen LogP contribution in [0.15, 0.2) is 30.7 Å². The summed E-state index contributed by atoms with van der Waals surface area (Å²) < 4.78 is 5.36. The average Bonchev–Trinajstić information content (AvgIpc) is 2.25. The molecule has 0 amide bonds. The lowest BCUT2D eigenvalue weighted by molar-refractivity contribution is 0.460. The molecule has 0 aliphatic rings. The molecule has 0 radical (unpaired) electrons. The minimum Gasteiger partial charge on any atom is -0.436 e. The summed E-state index contributed by atoms with van der Waals surface area (Å²) in [4.78, 5) is 11.4. The van der Waals surface area contributed by atoms with E-state index >= 15 is 0 Å². The quantitative estimate of drug-likeness (QED) is 0.759. The third-order valence-corrected chi connectivity index (χ3v) is 1.97. The topological polar surface area (TPSA) is 47.9 Å². The van der Waals surface area contributed by atoms with E-state index in [-0.39, 0.29) is 11.2 Å². The fourth-order valence-electron chi connectivity index (χ4n) is 0.922. The van der Waals surface area contributed by atoms with Crippen LogP contribution >= 0.6 is 23.2 Å². The lowest BCUT2D eigenvalue weighted by Crippen LogP contribution is -1.91. The van der Waals surface area contributed by atoms with E-state index in [0.29, 0.717) is 10.8 Å². The minimum atomic E-state index is 0.0818. The third kappa shape index (κ3) is 2.55. The lowest BCUT2D eigenvalue weighted by atomic mass is 10.5. The first-order chi connectivity index (χ1) is 7.25. The molecule has 0 N–H and O–H groups in total. The van der Waals surface area contributed by atoms with Gasteiger partial charge in [0.2, 0.25) is 11.2 Å². The van der Waals surface area contributed by atoms with E-state index in [9.17, 15) is 0 Å². The van der Waals surface area contributed by atoms with Gasteiger partial charge in [0.25, 0.3) is 0 Å². The SMILES string of the molecule is Clc1ncc(Cl)c(Oc2cccnc2)n1. The molecule has 0 atom stereocenters. The van der Waals surface area contributed by atoms with Crippen molar-refractivity contribution in [2.24, 2.45) is 0 Å². The van der Waals surface area contributed by atoms with Crippen LogP contribution in [0.3, 0.4) is 0 Å². The van der Waals surface area contributed by atoms with E-state index in [1.54, 1.807) is 24.5 Å². The van der Waals surface area contributed by atoms with E-state index < -0.39 is 0 Å². The van der Waals surface area contributed by atoms with Gasteiger partial charge in [-0.1, -0.05) is 11.6 Å². The van der Waals surface area contributed by atoms with Gasteiger partial charge in [0.15, 0.2) is 0 Å². The van der Waals surface area contributed by atoms with Crippen molar-refractivity contribution in [3.8, 4) is 11.6 Å². The number of hydrogen-bond donors (Lipinski definition) is 0. The molecule has 4 nitrogen and oxygen atoms in total. The molecule has 76 valence electrons. The van der Waals surface area contributed by atoms with Gasteiger partial charge in [-0.05, 0) is 23.7 Å². The predicted octanol–water partition coefficient (Wildman–Crippen LogP) is 2.97. The summed E-state index contributed by atoms with van der Waals surface area (Å²) in [5.74, 6) is 0.749. The molecule has 0 unspecified atom stereocenters. The summed E-state index contributed by atoms with van der Waals surface area (Å²) in [7, 11) is 0. The van der Waals surface area contributed by atoms with Crippen LogP contribution < -0.4 is 4.74 Å². The fraction of sp³-hybridized carbons (Fsp3) is 0. The molecular formula is C9H5Cl2N3O. The Kier molecular flexibility index (Phi) is 2.99. The van der Waals surface area contributed by atoms with Crippen molar-refractivity contribution >= 4 is 23.2 Å². The maximum absolute atomic E-state index is 5.82. The number of halogens is 2. The van der Waals surface area contributed by atoms with Crippen molar-refractivity contribution in [3.63, 3.8) is 0 Å². The molecule has 0 fully saturated rings. The van der Waals surface area contributed by atoms with Crippen LogP contribution in [0.2, 0.25) is 10.3 Å². The van der Waals surface area contributed by atoms with Crippen molar-refractivity contribution in [2.75, 3.05) is 0 Å². The molecule has 0 bridgehead atoms. The maximum atomic E-state index is 5.82. The first-order valence-electron chi connectivity index (χ1n) is 4.01. The smallest absolute Gasteiger partial charge is 0.242 e. The standard InChI is InChI=1S/C9H5Cl2N3O/c10-7-5-13-9(11)14-8(7)15-6-2-1-3-12-4-6/h1-5H. The molecule has 2 aromatic heterocycles. The Morgan fingerprint density at radius 1 is 1.20 bits per heavy atom. The third-order valence-electron chi connectivity index (χ3n) is 1.53. The molecule has 15 heavy (non-hydrogen) atoms. The molecule has 0 saturated carbocycles. The van der Waals surface area contributed by atoms with Crippen LogP contribution in [0.1, 0.15) is 0 Å². The normalized spacial score (nSPS) is 10.0. The van der Waals surface area contributed by atoms with Crippen LogP contribution in [-0.2, 0) is 0 Å². The van der Waals surface area contributed by atoms with Crippen molar-refractivity contribution in [1.29, 1.82) is 0 Å². The van der Waals surface area contributed by atoms with Crippen LogP contribution in [0.5, 0.6) is 11.6 Å². The van der Waals surface area contributed by atoms with Crippen LogP contribution in [0, 0.1) is 0 Å². The fourth-order valence-corrected chi connectivity index (χ4v) is 1.18. The molecule has 2 aromatic rings. The summed E-state index contributed by atoms with van der Waals surface area (Å²) in [5, 5.41) is 0.376. The Balaban J connectivity index is 2.28. The Labute approximate surface area is 95.9 Å². The van der Waals surface area contributed by atoms with E-state index in [0.717, 1.165) is 0 Å². The van der Waals surface area contributed by atoms with Gasteiger partial charge >= 0.3 is 0 Å². The number of nitrogens with zero attached hydrogens (tertiary/aromatic N) is 3. The predicted molar refractivity (Wildman–Crippen MR) is 56.4 cm³/mol. The van der Waals surface area contributed by atoms with Gasteiger partial charge in [-0.25, -0.2) is 4.98 Å². The zero-order valence-corrected chi connectivity index (χ0v) is 8.90. The summed E-state index contributed by atoms with van der Waals surface area (Å²) in [5.41, 5.74) is 0. The highest BCUT2D eigenvalue weighted by Gasteiger charge is 2.06. The van der Waals surface area contributed by atoms with Crippen LogP contribution in [0.25, 0.3) is 0 Å². The highest BCUT2D eigenvalue weighted by molar-refractivity contribution is 6.32. The molecule has 0 aromatic carbocycles. The highest BCUT2D eigenvalue weighted by atomic mass is 35.5. The Morgan fingerprint density at radius 2 is 2.07 bits per heavy atom. The van der Waals surface area contributed by atoms with Gasteiger partial charge in [-0.2, -0.15) is 4.98 Å². The van der Waals surface area contributed by atoms with Crippen molar-refractivity contribution in [2.45, 2.75) is 0 Å². The first-order valence-corrected chi connectivity index (χ1v) is 4.77. The Bertz CT molecular complexity index is 464. The number of ether oxygens (including phenoxy) is 1. The summed E-state index contributed by atoms with van der Waals surface area (Å²) in [6.07, 6.45) is 4.57. The largest absolute Gasteiger partial charge is 0.436 e. The second-order valence-electron chi connectivity index (χ2n) is 2.58. The molecule has 0 saturated heterocycles. The van der Waals surface area contributed by atoms with Crippen molar-refractivity contribution in [3.05, 3.63) is 41.0 Å². The van der Waals surface area contributed by atoms with E-state index in [2.05, 4.69) is 15.0 Å². The molecule has 6 heteroatoms. The average molecular weight is 242 g/mol. The van der Waals surface area contributed by atoms with Gasteiger partial charge in [-0.15, -0.1) is 0 Å². The van der Waals surface area contributed by atoms with Gasteiger partial charge in [0, 0.05) is 6.20 Å². The van der Waals surface area contributed by atoms with Gasteiger partial charge in [0.1, 0.15) is 10.8 Å². The second-order valence-corrected chi connectivity index (χ2v) is 3.33. The maximum Gasteiger partial charge on any atom is 0.242 e. The first kappa shape index (κ1) is 10.1. The Morgan fingerprint density at radius 3 is 2.80 bits per heavy atom. The van der Waals surface area contributed by atoms with Crippen LogP contribution in [-0.4, -0.2) is 15.0 Å². The molecule has 2 rings (SSSR count). The Hall–Kier alpha value is -1.39. The molecular weight excluding hydrogens is 237 g/mol. The summed E-state index contributed by atoms with van der Waals surface area (Å²) in [6.45, 7) is 0. The number of hydrogen-bond acceptors (Lipinski definition) is 4. The second kappa shape index (κ2) is 4.42. The zero-order chi connectivity index (χ0) is 10.7. The minimum absolute atomic E-state index is 0.0818. The zero-order valence-electron chi connectivity index (χ0n) is 7.39. The summed E-state index contributed by atoms with van der Waals surface area (Å²) in [6, 6.07) is 3.48. The lowest BCUT2D eigenvalue weighted by Gasteiger charge is -2.04. The van der Waals surface area contributed by atoms with Gasteiger partial charge < -0.3 is 4.74 Å². The van der Waals surface area contributed by atoms with Crippen molar-refractivity contribution in [1.82, 2.24) is 15.0 Å². The van der Waals surface area contributed by atoms with Gasteiger partial charge in [-0.3, -0.25) is 4.98 Å². The van der Waals surface area contributed by atoms with E-state index in [1.807, 2.05) is 0 Å². The molecule has 2 heterocycles. The van der Waals surface area contributed by atoms with Crippen LogP contribution in [0.4, 0.5) is 0 Å². The summed E-state index contributed by atoms with van der Waals surface area (Å²) >= 11 is 11.4. The number of aromatic nitrogens is 3. The van der Waals surface area contributed by atoms with Crippen molar-refractivity contribution < 1.29 is 4.74 Å².